The van der Waals surface area contributed by atoms with Crippen molar-refractivity contribution >= 4 is 7.82 Å². The molecule has 0 spiro atoms. The van der Waals surface area contributed by atoms with Crippen molar-refractivity contribution < 1.29 is 70.0 Å². The number of hydrogen-bond acceptors (Lipinski definition) is 4. The van der Waals surface area contributed by atoms with Crippen molar-refractivity contribution in [3.8, 4) is 0 Å². The Labute approximate surface area is 97.4 Å². The van der Waals surface area contributed by atoms with Crippen molar-refractivity contribution in [3.05, 3.63) is 0 Å². The average Bonchev–Trinajstić information content (AvgIpc) is 1.61. The van der Waals surface area contributed by atoms with Gasteiger partial charge in [-0.05, 0) is 6.92 Å². The van der Waals surface area contributed by atoms with Crippen LogP contribution in [0.1, 0.15) is 6.92 Å². The topological polar surface area (TPSA) is 184 Å². The molecule has 1 atom stereocenters. The van der Waals surface area contributed by atoms with E-state index in [4.69, 9.17) is 29.5 Å². The van der Waals surface area contributed by atoms with Crippen LogP contribution in [0.4, 0.5) is 0 Å². The van der Waals surface area contributed by atoms with Crippen molar-refractivity contribution in [2.24, 2.45) is 0 Å². The third kappa shape index (κ3) is 178. The van der Waals surface area contributed by atoms with Crippen molar-refractivity contribution in [2.45, 2.75) is 13.0 Å². The molecule has 8 nitrogen and oxygen atoms in total. The molecule has 0 aromatic heterocycles. The van der Waals surface area contributed by atoms with Crippen LogP contribution in [0.3, 0.4) is 0 Å². The first kappa shape index (κ1) is 29.2. The van der Waals surface area contributed by atoms with Gasteiger partial charge >= 0.3 is 29.6 Å². The summed E-state index contributed by atoms with van der Waals surface area (Å²) < 4.78 is 8.77. The zero-order valence-electron chi connectivity index (χ0n) is 7.34. The summed E-state index contributed by atoms with van der Waals surface area (Å²) in [5.41, 5.74) is 0. The van der Waals surface area contributed by atoms with Crippen LogP contribution in [-0.4, -0.2) is 43.7 Å². The van der Waals surface area contributed by atoms with Gasteiger partial charge in [-0.3, -0.25) is 4.57 Å². The molecule has 0 radical (unpaired) electrons. The van der Waals surface area contributed by atoms with Crippen molar-refractivity contribution in [1.29, 1.82) is 0 Å². The maximum absolute atomic E-state index is 8.77. The molecule has 1 unspecified atom stereocenters. The first-order chi connectivity index (χ1) is 4.27. The van der Waals surface area contributed by atoms with E-state index in [1.54, 1.807) is 0 Å². The second-order valence-corrected chi connectivity index (χ2v) is 2.50. The third-order valence-corrected chi connectivity index (χ3v) is 0.264. The molecule has 0 aromatic carbocycles. The zero-order chi connectivity index (χ0) is 8.78. The molecule has 80 valence electrons. The average molecular weight is 232 g/mol. The second-order valence-electron chi connectivity index (χ2n) is 1.52. The Bertz CT molecular complexity index is 104. The summed E-state index contributed by atoms with van der Waals surface area (Å²) >= 11 is 0. The molecule has 13 heavy (non-hydrogen) atoms. The van der Waals surface area contributed by atoms with Gasteiger partial charge in [0.1, 0.15) is 0 Å². The quantitative estimate of drug-likeness (QED) is 0.257. The SMILES string of the molecule is CC(O)CO.O.O.O=P([O-])(O)O.[Na+]. The smallest absolute Gasteiger partial charge is 0.756 e. The zero-order valence-corrected chi connectivity index (χ0v) is 10.2. The van der Waals surface area contributed by atoms with Crippen LogP contribution >= 0.6 is 7.82 Å². The predicted molar refractivity (Wildman–Crippen MR) is 38.0 cm³/mol. The number of aliphatic hydroxyl groups is 2. The van der Waals surface area contributed by atoms with Gasteiger partial charge < -0.3 is 35.8 Å². The minimum absolute atomic E-state index is 0. The van der Waals surface area contributed by atoms with Gasteiger partial charge in [0, 0.05) is 0 Å². The molecule has 0 aliphatic rings. The maximum Gasteiger partial charge on any atom is 1.00 e. The molecule has 0 aliphatic carbocycles. The predicted octanol–water partition coefficient (Wildman–Crippen LogP) is -6.85. The summed E-state index contributed by atoms with van der Waals surface area (Å²) in [7, 11) is -4.89. The van der Waals surface area contributed by atoms with Crippen molar-refractivity contribution in [2.75, 3.05) is 6.61 Å². The van der Waals surface area contributed by atoms with Gasteiger partial charge in [0.2, 0.25) is 0 Å². The van der Waals surface area contributed by atoms with E-state index in [0.717, 1.165) is 0 Å². The number of phosphoric acid groups is 1. The molecule has 0 rings (SSSR count). The fourth-order valence-electron chi connectivity index (χ4n) is 0. The summed E-state index contributed by atoms with van der Waals surface area (Å²) in [6.45, 7) is 1.39. The van der Waals surface area contributed by atoms with E-state index in [2.05, 4.69) is 0 Å². The molecule has 8 N–H and O–H groups in total. The van der Waals surface area contributed by atoms with E-state index in [9.17, 15) is 0 Å². The molecule has 0 saturated carbocycles. The Kier molecular flexibility index (Phi) is 34.6. The molecular formula is C3H14NaO8P. The Morgan fingerprint density at radius 1 is 1.38 bits per heavy atom. The van der Waals surface area contributed by atoms with Gasteiger partial charge in [0.15, 0.2) is 0 Å². The van der Waals surface area contributed by atoms with E-state index in [1.165, 1.54) is 6.92 Å². The molecule has 0 aromatic rings. The molecule has 0 aliphatic heterocycles. The van der Waals surface area contributed by atoms with E-state index < -0.39 is 13.9 Å². The number of rotatable bonds is 1. The van der Waals surface area contributed by atoms with Gasteiger partial charge in [-0.2, -0.15) is 0 Å². The molecule has 0 saturated heterocycles. The first-order valence-electron chi connectivity index (χ1n) is 2.33. The molecule has 0 fully saturated rings. The second kappa shape index (κ2) is 15.4. The summed E-state index contributed by atoms with van der Waals surface area (Å²) in [5.74, 6) is 0. The minimum atomic E-state index is -4.89. The van der Waals surface area contributed by atoms with Gasteiger partial charge in [0.25, 0.3) is 7.82 Å². The Morgan fingerprint density at radius 2 is 1.46 bits per heavy atom. The van der Waals surface area contributed by atoms with E-state index in [0.29, 0.717) is 0 Å². The molecular weight excluding hydrogens is 218 g/mol. The Balaban J connectivity index is -0.0000000267. The van der Waals surface area contributed by atoms with E-state index >= 15 is 0 Å². The fourth-order valence-corrected chi connectivity index (χ4v) is 0. The van der Waals surface area contributed by atoms with Crippen LogP contribution in [0.25, 0.3) is 0 Å². The van der Waals surface area contributed by atoms with Gasteiger partial charge in [0.05, 0.1) is 12.7 Å². The van der Waals surface area contributed by atoms with Crippen LogP contribution in [0.5, 0.6) is 0 Å². The minimum Gasteiger partial charge on any atom is -0.756 e. The Hall–Kier alpha value is 0.950. The molecule has 0 heterocycles. The van der Waals surface area contributed by atoms with Crippen LogP contribution in [-0.2, 0) is 4.57 Å². The van der Waals surface area contributed by atoms with E-state index in [1.807, 2.05) is 0 Å². The van der Waals surface area contributed by atoms with Crippen LogP contribution in [0, 0.1) is 0 Å². The molecule has 0 bridgehead atoms. The van der Waals surface area contributed by atoms with Crippen molar-refractivity contribution in [3.63, 3.8) is 0 Å². The van der Waals surface area contributed by atoms with Gasteiger partial charge in [-0.1, -0.05) is 0 Å². The van der Waals surface area contributed by atoms with Gasteiger partial charge in [-0.15, -0.1) is 0 Å². The maximum atomic E-state index is 8.77. The summed E-state index contributed by atoms with van der Waals surface area (Å²) in [4.78, 5) is 22.9. The summed E-state index contributed by atoms with van der Waals surface area (Å²) in [5, 5.41) is 16.0. The van der Waals surface area contributed by atoms with Crippen LogP contribution in [0.2, 0.25) is 0 Å². The first-order valence-corrected chi connectivity index (χ1v) is 3.86. The standard InChI is InChI=1S/C3H8O2.Na.H3O4P.2H2O/c1-3(5)2-4;;1-5(2,3)4;;/h3-5H,2H2,1H3;;(H3,1,2,3,4);2*1H2/q;+1;;;/p-1. The third-order valence-electron chi connectivity index (χ3n) is 0.264. The number of aliphatic hydroxyl groups excluding tert-OH is 2. The van der Waals surface area contributed by atoms with Crippen LogP contribution < -0.4 is 34.5 Å². The summed E-state index contributed by atoms with van der Waals surface area (Å²) in [6.07, 6.45) is -0.560. The summed E-state index contributed by atoms with van der Waals surface area (Å²) in [6, 6.07) is 0. The number of hydrogen-bond donors (Lipinski definition) is 4. The van der Waals surface area contributed by atoms with E-state index in [-0.39, 0.29) is 47.1 Å². The fraction of sp³-hybridized carbons (Fsp3) is 1.00. The molecule has 0 amide bonds. The molecule has 10 heteroatoms. The Morgan fingerprint density at radius 3 is 1.46 bits per heavy atom. The normalized spacial score (nSPS) is 10.3. The largest absolute Gasteiger partial charge is 1.00 e. The van der Waals surface area contributed by atoms with Crippen LogP contribution in [0.15, 0.2) is 0 Å². The van der Waals surface area contributed by atoms with Crippen molar-refractivity contribution in [1.82, 2.24) is 0 Å². The monoisotopic (exact) mass is 232 g/mol. The van der Waals surface area contributed by atoms with Gasteiger partial charge in [-0.25, -0.2) is 0 Å².